The topological polar surface area (TPSA) is 78.4 Å². The lowest BCUT2D eigenvalue weighted by Crippen LogP contribution is -2.48. The van der Waals surface area contributed by atoms with Crippen LogP contribution in [0.1, 0.15) is 31.7 Å². The molecule has 0 radical (unpaired) electrons. The van der Waals surface area contributed by atoms with Gasteiger partial charge in [-0.15, -0.1) is 0 Å². The maximum Gasteiger partial charge on any atom is 0.239 e. The molecule has 5 nitrogen and oxygen atoms in total. The van der Waals surface area contributed by atoms with E-state index >= 15 is 0 Å². The molecule has 2 unspecified atom stereocenters. The summed E-state index contributed by atoms with van der Waals surface area (Å²) < 4.78 is 13.0. The summed E-state index contributed by atoms with van der Waals surface area (Å²) in [6.45, 7) is 1.86. The Labute approximate surface area is 135 Å². The molecule has 1 aliphatic rings. The molecule has 0 bridgehead atoms. The van der Waals surface area contributed by atoms with E-state index in [-0.39, 0.29) is 42.8 Å². The van der Waals surface area contributed by atoms with Crippen LogP contribution in [0.5, 0.6) is 0 Å². The van der Waals surface area contributed by atoms with Gasteiger partial charge in [0.25, 0.3) is 0 Å². The Kier molecular flexibility index (Phi) is 5.71. The van der Waals surface area contributed by atoms with E-state index in [1.807, 2.05) is 6.92 Å². The lowest BCUT2D eigenvalue weighted by molar-refractivity contribution is -0.126. The predicted molar refractivity (Wildman–Crippen MR) is 84.1 cm³/mol. The maximum atomic E-state index is 13.0. The van der Waals surface area contributed by atoms with Gasteiger partial charge >= 0.3 is 0 Å². The van der Waals surface area contributed by atoms with Crippen LogP contribution in [-0.4, -0.2) is 36.1 Å². The van der Waals surface area contributed by atoms with Crippen LogP contribution < -0.4 is 10.6 Å². The summed E-state index contributed by atoms with van der Waals surface area (Å²) >= 11 is 0. The monoisotopic (exact) mass is 322 g/mol. The van der Waals surface area contributed by atoms with Crippen molar-refractivity contribution in [3.05, 3.63) is 35.6 Å². The Morgan fingerprint density at radius 2 is 2.17 bits per heavy atom. The first-order valence-corrected chi connectivity index (χ1v) is 7.84. The van der Waals surface area contributed by atoms with Crippen LogP contribution in [-0.2, 0) is 16.0 Å². The molecular weight excluding hydrogens is 299 g/mol. The molecule has 0 spiro atoms. The molecule has 0 aliphatic heterocycles. The number of nitrogens with one attached hydrogen (secondary N) is 2. The van der Waals surface area contributed by atoms with Crippen LogP contribution in [0.15, 0.2) is 24.3 Å². The Balaban J connectivity index is 1.77. The van der Waals surface area contributed by atoms with Crippen molar-refractivity contribution >= 4 is 11.8 Å². The van der Waals surface area contributed by atoms with Crippen LogP contribution in [0.2, 0.25) is 0 Å². The van der Waals surface area contributed by atoms with Crippen LogP contribution in [0.3, 0.4) is 0 Å². The molecule has 2 rings (SSSR count). The van der Waals surface area contributed by atoms with Crippen molar-refractivity contribution in [2.75, 3.05) is 13.2 Å². The number of rotatable bonds is 6. The van der Waals surface area contributed by atoms with Crippen LogP contribution in [0, 0.1) is 11.2 Å². The Morgan fingerprint density at radius 3 is 2.87 bits per heavy atom. The molecule has 1 aliphatic carbocycles. The SMILES string of the molecule is CC1(CO)CCCC1NC(=O)CNC(=O)Cc1cccc(F)c1. The fourth-order valence-corrected chi connectivity index (χ4v) is 2.99. The summed E-state index contributed by atoms with van der Waals surface area (Å²) in [5.41, 5.74) is 0.271. The second-order valence-corrected chi connectivity index (χ2v) is 6.41. The second-order valence-electron chi connectivity index (χ2n) is 6.41. The van der Waals surface area contributed by atoms with Gasteiger partial charge in [-0.25, -0.2) is 4.39 Å². The van der Waals surface area contributed by atoms with Gasteiger partial charge in [0.05, 0.1) is 19.6 Å². The molecule has 0 heterocycles. The molecule has 0 aromatic heterocycles. The van der Waals surface area contributed by atoms with Gasteiger partial charge in [0.2, 0.25) is 11.8 Å². The summed E-state index contributed by atoms with van der Waals surface area (Å²) in [6, 6.07) is 5.74. The quantitative estimate of drug-likeness (QED) is 0.735. The highest BCUT2D eigenvalue weighted by atomic mass is 19.1. The fourth-order valence-electron chi connectivity index (χ4n) is 2.99. The highest BCUT2D eigenvalue weighted by Crippen LogP contribution is 2.37. The van der Waals surface area contributed by atoms with Gasteiger partial charge < -0.3 is 15.7 Å². The average molecular weight is 322 g/mol. The van der Waals surface area contributed by atoms with Gasteiger partial charge in [-0.3, -0.25) is 9.59 Å². The van der Waals surface area contributed by atoms with E-state index in [1.165, 1.54) is 12.1 Å². The Hall–Kier alpha value is -1.95. The molecule has 23 heavy (non-hydrogen) atoms. The van der Waals surface area contributed by atoms with E-state index in [1.54, 1.807) is 12.1 Å². The normalized spacial score (nSPS) is 23.5. The summed E-state index contributed by atoms with van der Waals surface area (Å²) in [4.78, 5) is 23.7. The minimum absolute atomic E-state index is 0.0306. The third-order valence-corrected chi connectivity index (χ3v) is 4.48. The highest BCUT2D eigenvalue weighted by molar-refractivity contribution is 5.85. The zero-order chi connectivity index (χ0) is 16.9. The van der Waals surface area contributed by atoms with Crippen LogP contribution in [0.4, 0.5) is 4.39 Å². The van der Waals surface area contributed by atoms with E-state index in [0.29, 0.717) is 5.56 Å². The molecule has 2 atom stereocenters. The molecule has 2 amide bonds. The molecule has 1 saturated carbocycles. The standard InChI is InChI=1S/C17H23FN2O3/c1-17(11-21)7-3-6-14(17)20-16(23)10-19-15(22)9-12-4-2-5-13(18)8-12/h2,4-5,8,14,21H,3,6-7,9-11H2,1H3,(H,19,22)(H,20,23). The molecule has 6 heteroatoms. The van der Waals surface area contributed by atoms with E-state index in [2.05, 4.69) is 10.6 Å². The third kappa shape index (κ3) is 4.76. The second kappa shape index (κ2) is 7.55. The fraction of sp³-hybridized carbons (Fsp3) is 0.529. The molecule has 0 saturated heterocycles. The van der Waals surface area contributed by atoms with E-state index in [0.717, 1.165) is 19.3 Å². The first kappa shape index (κ1) is 17.4. The molecule has 3 N–H and O–H groups in total. The average Bonchev–Trinajstić information content (AvgIpc) is 2.87. The number of hydrogen-bond acceptors (Lipinski definition) is 3. The number of aliphatic hydroxyl groups excluding tert-OH is 1. The smallest absolute Gasteiger partial charge is 0.239 e. The molecule has 1 aromatic rings. The van der Waals surface area contributed by atoms with Gasteiger partial charge in [-0.2, -0.15) is 0 Å². The zero-order valence-corrected chi connectivity index (χ0v) is 13.3. The summed E-state index contributed by atoms with van der Waals surface area (Å²) in [6.07, 6.45) is 2.71. The number of hydrogen-bond donors (Lipinski definition) is 3. The first-order chi connectivity index (χ1) is 10.9. The number of benzene rings is 1. The van der Waals surface area contributed by atoms with Crippen molar-refractivity contribution in [1.29, 1.82) is 0 Å². The van der Waals surface area contributed by atoms with Crippen LogP contribution >= 0.6 is 0 Å². The number of halogens is 1. The van der Waals surface area contributed by atoms with Crippen molar-refractivity contribution in [2.45, 2.75) is 38.6 Å². The van der Waals surface area contributed by atoms with Gasteiger partial charge in [0.1, 0.15) is 5.82 Å². The number of amides is 2. The largest absolute Gasteiger partial charge is 0.396 e. The van der Waals surface area contributed by atoms with Crippen molar-refractivity contribution < 1.29 is 19.1 Å². The van der Waals surface area contributed by atoms with Gasteiger partial charge in [-0.1, -0.05) is 25.5 Å². The lowest BCUT2D eigenvalue weighted by atomic mass is 9.86. The molecular formula is C17H23FN2O3. The van der Waals surface area contributed by atoms with E-state index in [4.69, 9.17) is 0 Å². The van der Waals surface area contributed by atoms with E-state index in [9.17, 15) is 19.1 Å². The predicted octanol–water partition coefficient (Wildman–Crippen LogP) is 1.15. The van der Waals surface area contributed by atoms with Gasteiger partial charge in [-0.05, 0) is 30.5 Å². The summed E-state index contributed by atoms with van der Waals surface area (Å²) in [5, 5.41) is 14.9. The summed E-state index contributed by atoms with van der Waals surface area (Å²) in [5.74, 6) is -0.996. The molecule has 1 aromatic carbocycles. The highest BCUT2D eigenvalue weighted by Gasteiger charge is 2.38. The number of aliphatic hydroxyl groups is 1. The minimum Gasteiger partial charge on any atom is -0.396 e. The first-order valence-electron chi connectivity index (χ1n) is 7.84. The Bertz CT molecular complexity index is 579. The minimum atomic E-state index is -0.391. The van der Waals surface area contributed by atoms with Crippen molar-refractivity contribution in [1.82, 2.24) is 10.6 Å². The Morgan fingerprint density at radius 1 is 1.39 bits per heavy atom. The van der Waals surface area contributed by atoms with Crippen molar-refractivity contribution in [3.8, 4) is 0 Å². The van der Waals surface area contributed by atoms with Crippen LogP contribution in [0.25, 0.3) is 0 Å². The molecule has 1 fully saturated rings. The number of carbonyl (C=O) groups excluding carboxylic acids is 2. The van der Waals surface area contributed by atoms with Crippen molar-refractivity contribution in [3.63, 3.8) is 0 Å². The van der Waals surface area contributed by atoms with Gasteiger partial charge in [0, 0.05) is 11.5 Å². The van der Waals surface area contributed by atoms with E-state index < -0.39 is 5.82 Å². The zero-order valence-electron chi connectivity index (χ0n) is 13.3. The maximum absolute atomic E-state index is 13.0. The van der Waals surface area contributed by atoms with Gasteiger partial charge in [0.15, 0.2) is 0 Å². The molecule has 126 valence electrons. The van der Waals surface area contributed by atoms with Crippen molar-refractivity contribution in [2.24, 2.45) is 5.41 Å². The third-order valence-electron chi connectivity index (χ3n) is 4.48. The lowest BCUT2D eigenvalue weighted by Gasteiger charge is -2.30. The number of carbonyl (C=O) groups is 2. The summed E-state index contributed by atoms with van der Waals surface area (Å²) in [7, 11) is 0.